The van der Waals surface area contributed by atoms with Gasteiger partial charge in [0.2, 0.25) is 10.0 Å². The van der Waals surface area contributed by atoms with Crippen LogP contribution in [0.5, 0.6) is 0 Å². The van der Waals surface area contributed by atoms with Crippen LogP contribution in [0.15, 0.2) is 23.1 Å². The lowest BCUT2D eigenvalue weighted by atomic mass is 10.2. The minimum atomic E-state index is -4.80. The minimum absolute atomic E-state index is 0. The van der Waals surface area contributed by atoms with Gasteiger partial charge >= 0.3 is 6.18 Å². The van der Waals surface area contributed by atoms with Crippen molar-refractivity contribution in [2.75, 3.05) is 39.3 Å². The molecule has 2 N–H and O–H groups in total. The van der Waals surface area contributed by atoms with Crippen LogP contribution in [-0.2, 0) is 16.2 Å². The lowest BCUT2D eigenvalue weighted by Crippen LogP contribution is -2.46. The maximum absolute atomic E-state index is 13.0. The van der Waals surface area contributed by atoms with Gasteiger partial charge in [-0.1, -0.05) is 17.7 Å². The Labute approximate surface area is 162 Å². The third-order valence-corrected chi connectivity index (χ3v) is 5.46. The third kappa shape index (κ3) is 6.74. The number of hydrogen-bond acceptors (Lipinski definition) is 4. The zero-order valence-electron chi connectivity index (χ0n) is 13.0. The molecule has 0 bridgehead atoms. The number of rotatable bonds is 5. The molecule has 0 atom stereocenters. The number of benzene rings is 1. The summed E-state index contributed by atoms with van der Waals surface area (Å²) in [5.74, 6) is 0. The molecule has 0 aliphatic carbocycles. The van der Waals surface area contributed by atoms with E-state index >= 15 is 0 Å². The van der Waals surface area contributed by atoms with Crippen molar-refractivity contribution < 1.29 is 21.6 Å². The molecule has 12 heteroatoms. The van der Waals surface area contributed by atoms with Gasteiger partial charge in [-0.25, -0.2) is 13.1 Å². The fraction of sp³-hybridized carbons (Fsp3) is 0.538. The number of nitrogens with zero attached hydrogens (tertiary/aromatic N) is 1. The van der Waals surface area contributed by atoms with Gasteiger partial charge in [-0.15, -0.1) is 24.8 Å². The molecule has 0 radical (unpaired) electrons. The lowest BCUT2D eigenvalue weighted by molar-refractivity contribution is -0.139. The molecule has 0 spiro atoms. The summed E-state index contributed by atoms with van der Waals surface area (Å²) in [5, 5.41) is 2.71. The summed E-state index contributed by atoms with van der Waals surface area (Å²) in [6.07, 6.45) is -4.80. The van der Waals surface area contributed by atoms with Crippen LogP contribution in [0.1, 0.15) is 5.56 Å². The standard InChI is InChI=1S/C13H17ClF3N3O2S.2ClH/c14-11-3-1-2-10(13(15,16)17)12(11)23(21,22)19-6-9-20-7-4-18-5-8-20;;/h1-3,18-19H,4-9H2;2*1H. The summed E-state index contributed by atoms with van der Waals surface area (Å²) in [7, 11) is -4.35. The second-order valence-electron chi connectivity index (χ2n) is 5.10. The molecule has 0 amide bonds. The SMILES string of the molecule is Cl.Cl.O=S(=O)(NCCN1CCNCC1)c1c(Cl)cccc1C(F)(F)F. The molecular formula is C13H19Cl3F3N3O2S. The van der Waals surface area contributed by atoms with E-state index < -0.39 is 31.7 Å². The van der Waals surface area contributed by atoms with E-state index in [0.717, 1.165) is 38.3 Å². The molecule has 0 aromatic heterocycles. The van der Waals surface area contributed by atoms with Gasteiger partial charge in [0.1, 0.15) is 4.90 Å². The van der Waals surface area contributed by atoms with Crippen LogP contribution in [0.4, 0.5) is 13.2 Å². The summed E-state index contributed by atoms with van der Waals surface area (Å²) < 4.78 is 65.7. The number of sulfonamides is 1. The second-order valence-corrected chi connectivity index (χ2v) is 7.21. The average Bonchev–Trinajstić information content (AvgIpc) is 2.46. The monoisotopic (exact) mass is 443 g/mol. The molecule has 1 aromatic rings. The third-order valence-electron chi connectivity index (χ3n) is 3.47. The van der Waals surface area contributed by atoms with Gasteiger partial charge in [-0.3, -0.25) is 4.90 Å². The van der Waals surface area contributed by atoms with Crippen LogP contribution in [-0.4, -0.2) is 52.6 Å². The number of hydrogen-bond donors (Lipinski definition) is 2. The summed E-state index contributed by atoms with van der Waals surface area (Å²) in [5.41, 5.74) is -1.26. The molecule has 2 rings (SSSR count). The molecule has 1 aliphatic heterocycles. The van der Waals surface area contributed by atoms with Gasteiger partial charge in [0.15, 0.2) is 0 Å². The minimum Gasteiger partial charge on any atom is -0.314 e. The first-order chi connectivity index (χ1) is 10.7. The van der Waals surface area contributed by atoms with Crippen molar-refractivity contribution in [1.82, 2.24) is 14.9 Å². The van der Waals surface area contributed by atoms with Crippen LogP contribution in [0.3, 0.4) is 0 Å². The van der Waals surface area contributed by atoms with Crippen molar-refractivity contribution in [2.24, 2.45) is 0 Å². The van der Waals surface area contributed by atoms with Gasteiger partial charge in [0.05, 0.1) is 10.6 Å². The first-order valence-corrected chi connectivity index (χ1v) is 8.86. The molecule has 1 aromatic carbocycles. The van der Waals surface area contributed by atoms with Crippen LogP contribution in [0.2, 0.25) is 5.02 Å². The number of piperazine rings is 1. The maximum atomic E-state index is 13.0. The Morgan fingerprint density at radius 3 is 2.36 bits per heavy atom. The number of alkyl halides is 3. The van der Waals surface area contributed by atoms with Crippen LogP contribution < -0.4 is 10.0 Å². The maximum Gasteiger partial charge on any atom is 0.417 e. The van der Waals surface area contributed by atoms with E-state index in [-0.39, 0.29) is 31.4 Å². The first kappa shape index (κ1) is 24.7. The molecule has 0 saturated carbocycles. The van der Waals surface area contributed by atoms with Crippen molar-refractivity contribution in [2.45, 2.75) is 11.1 Å². The van der Waals surface area contributed by atoms with E-state index in [1.165, 1.54) is 0 Å². The van der Waals surface area contributed by atoms with Crippen molar-refractivity contribution in [3.05, 3.63) is 28.8 Å². The predicted octanol–water partition coefficient (Wildman–Crippen LogP) is 2.39. The Morgan fingerprint density at radius 1 is 1.20 bits per heavy atom. The molecule has 25 heavy (non-hydrogen) atoms. The molecule has 1 saturated heterocycles. The van der Waals surface area contributed by atoms with E-state index in [1.54, 1.807) is 0 Å². The lowest BCUT2D eigenvalue weighted by Gasteiger charge is -2.27. The summed E-state index contributed by atoms with van der Waals surface area (Å²) in [6, 6.07) is 2.91. The molecule has 0 unspecified atom stereocenters. The smallest absolute Gasteiger partial charge is 0.314 e. The van der Waals surface area contributed by atoms with Crippen molar-refractivity contribution in [1.29, 1.82) is 0 Å². The van der Waals surface area contributed by atoms with E-state index in [1.807, 2.05) is 4.90 Å². The molecule has 1 heterocycles. The Bertz CT molecular complexity index is 654. The predicted molar refractivity (Wildman–Crippen MR) is 95.4 cm³/mol. The van der Waals surface area contributed by atoms with E-state index in [0.29, 0.717) is 12.6 Å². The Hall–Kier alpha value is -0.290. The fourth-order valence-electron chi connectivity index (χ4n) is 2.35. The molecule has 1 fully saturated rings. The first-order valence-electron chi connectivity index (χ1n) is 7.00. The summed E-state index contributed by atoms with van der Waals surface area (Å²) >= 11 is 5.71. The van der Waals surface area contributed by atoms with Crippen molar-refractivity contribution in [3.8, 4) is 0 Å². The van der Waals surface area contributed by atoms with E-state index in [4.69, 9.17) is 11.6 Å². The van der Waals surface area contributed by atoms with E-state index in [9.17, 15) is 21.6 Å². The van der Waals surface area contributed by atoms with Crippen molar-refractivity contribution >= 4 is 46.4 Å². The largest absolute Gasteiger partial charge is 0.417 e. The Balaban J connectivity index is 0.00000288. The Kier molecular flexibility index (Phi) is 10.0. The summed E-state index contributed by atoms with van der Waals surface area (Å²) in [6.45, 7) is 3.58. The highest BCUT2D eigenvalue weighted by Crippen LogP contribution is 2.37. The average molecular weight is 445 g/mol. The van der Waals surface area contributed by atoms with Crippen LogP contribution >= 0.6 is 36.4 Å². The molecular weight excluding hydrogens is 426 g/mol. The van der Waals surface area contributed by atoms with Gasteiger partial charge in [-0.05, 0) is 12.1 Å². The quantitative estimate of drug-likeness (QED) is 0.732. The fourth-order valence-corrected chi connectivity index (χ4v) is 4.13. The van der Waals surface area contributed by atoms with Gasteiger partial charge < -0.3 is 5.32 Å². The van der Waals surface area contributed by atoms with E-state index in [2.05, 4.69) is 10.0 Å². The zero-order chi connectivity index (χ0) is 17.1. The topological polar surface area (TPSA) is 61.4 Å². The highest BCUT2D eigenvalue weighted by Gasteiger charge is 2.38. The second kappa shape index (κ2) is 10.1. The van der Waals surface area contributed by atoms with Gasteiger partial charge in [-0.2, -0.15) is 13.2 Å². The van der Waals surface area contributed by atoms with Crippen LogP contribution in [0, 0.1) is 0 Å². The summed E-state index contributed by atoms with van der Waals surface area (Å²) in [4.78, 5) is 1.10. The number of nitrogens with one attached hydrogen (secondary N) is 2. The highest BCUT2D eigenvalue weighted by molar-refractivity contribution is 7.89. The molecule has 5 nitrogen and oxygen atoms in total. The number of halogens is 6. The normalized spacial score (nSPS) is 16.0. The zero-order valence-corrected chi connectivity index (χ0v) is 16.2. The highest BCUT2D eigenvalue weighted by atomic mass is 35.5. The van der Waals surface area contributed by atoms with Gasteiger partial charge in [0, 0.05) is 39.3 Å². The van der Waals surface area contributed by atoms with Crippen LogP contribution in [0.25, 0.3) is 0 Å². The Morgan fingerprint density at radius 2 is 1.80 bits per heavy atom. The van der Waals surface area contributed by atoms with Crippen molar-refractivity contribution in [3.63, 3.8) is 0 Å². The van der Waals surface area contributed by atoms with Gasteiger partial charge in [0.25, 0.3) is 0 Å². The molecule has 1 aliphatic rings. The molecule has 146 valence electrons.